The molecule has 2 rings (SSSR count). The molecule has 0 aliphatic rings. The summed E-state index contributed by atoms with van der Waals surface area (Å²) in [6.45, 7) is 8.58. The molecule has 6 heteroatoms. The summed E-state index contributed by atoms with van der Waals surface area (Å²) in [5, 5.41) is 14.9. The highest BCUT2D eigenvalue weighted by Gasteiger charge is 2.24. The van der Waals surface area contributed by atoms with Gasteiger partial charge in [0.25, 0.3) is 5.56 Å². The number of nitriles is 1. The highest BCUT2D eigenvalue weighted by atomic mass is 32.1. The van der Waals surface area contributed by atoms with E-state index in [0.29, 0.717) is 19.4 Å². The van der Waals surface area contributed by atoms with Crippen LogP contribution in [-0.4, -0.2) is 14.8 Å². The van der Waals surface area contributed by atoms with Gasteiger partial charge in [-0.15, -0.1) is 11.3 Å². The van der Waals surface area contributed by atoms with Crippen LogP contribution in [0.15, 0.2) is 10.2 Å². The summed E-state index contributed by atoms with van der Waals surface area (Å²) in [5.41, 5.74) is 2.40. The number of nitrogens with zero attached hydrogens (tertiary/aromatic N) is 3. The zero-order valence-corrected chi connectivity index (χ0v) is 13.7. The number of aryl methyl sites for hydroxylation is 1. The molecule has 2 aromatic heterocycles. The summed E-state index contributed by atoms with van der Waals surface area (Å²) < 4.78 is 1.60. The van der Waals surface area contributed by atoms with E-state index < -0.39 is 0 Å². The molecule has 0 fully saturated rings. The summed E-state index contributed by atoms with van der Waals surface area (Å²) in [6.07, 6.45) is 0.842. The maximum Gasteiger partial charge on any atom is 0.270 e. The van der Waals surface area contributed by atoms with Crippen LogP contribution in [-0.2, 0) is 18.4 Å². The predicted molar refractivity (Wildman–Crippen MR) is 83.6 cm³/mol. The largest absolute Gasteiger partial charge is 0.298 e. The lowest BCUT2D eigenvalue weighted by Gasteiger charge is -2.18. The summed E-state index contributed by atoms with van der Waals surface area (Å²) in [5.74, 6) is 0. The minimum absolute atomic E-state index is 0.0389. The van der Waals surface area contributed by atoms with Gasteiger partial charge in [-0.1, -0.05) is 20.8 Å². The minimum Gasteiger partial charge on any atom is -0.298 e. The Morgan fingerprint density at radius 2 is 2.19 bits per heavy atom. The van der Waals surface area contributed by atoms with E-state index in [4.69, 9.17) is 5.26 Å². The fraction of sp³-hybridized carbons (Fsp3) is 0.533. The number of hydrogen-bond donors (Lipinski definition) is 1. The Hall–Kier alpha value is -1.87. The van der Waals surface area contributed by atoms with Crippen LogP contribution in [0.1, 0.15) is 49.2 Å². The topological polar surface area (TPSA) is 74.5 Å². The number of H-pyrrole nitrogens is 1. The zero-order chi connectivity index (χ0) is 15.6. The van der Waals surface area contributed by atoms with Crippen LogP contribution in [0.3, 0.4) is 0 Å². The smallest absolute Gasteiger partial charge is 0.270 e. The second-order valence-electron chi connectivity index (χ2n) is 6.15. The molecule has 0 bridgehead atoms. The van der Waals surface area contributed by atoms with Crippen LogP contribution in [0, 0.1) is 18.3 Å². The molecule has 0 atom stereocenters. The molecular formula is C15H20N4OS. The first kappa shape index (κ1) is 15.5. The van der Waals surface area contributed by atoms with Crippen molar-refractivity contribution in [3.05, 3.63) is 37.7 Å². The van der Waals surface area contributed by atoms with Crippen molar-refractivity contribution in [1.29, 1.82) is 5.26 Å². The molecule has 21 heavy (non-hydrogen) atoms. The molecule has 0 amide bonds. The number of thiazole rings is 1. The van der Waals surface area contributed by atoms with Crippen molar-refractivity contribution in [2.75, 3.05) is 0 Å². The molecule has 5 nitrogen and oxygen atoms in total. The van der Waals surface area contributed by atoms with Gasteiger partial charge in [-0.3, -0.25) is 9.89 Å². The molecule has 0 saturated heterocycles. The van der Waals surface area contributed by atoms with Crippen LogP contribution in [0.5, 0.6) is 0 Å². The monoisotopic (exact) mass is 304 g/mol. The van der Waals surface area contributed by atoms with Crippen LogP contribution < -0.4 is 5.56 Å². The summed E-state index contributed by atoms with van der Waals surface area (Å²) in [7, 11) is 0. The molecular weight excluding hydrogens is 284 g/mol. The SMILES string of the molecule is Cc1csc(Cn2[nH]c(C(C)(C)C)c(CCC#N)c2=O)n1. The second kappa shape index (κ2) is 5.86. The lowest BCUT2D eigenvalue weighted by molar-refractivity contribution is 0.539. The first-order chi connectivity index (χ1) is 9.82. The molecule has 1 N–H and O–H groups in total. The molecule has 2 aromatic rings. The molecule has 0 unspecified atom stereocenters. The highest BCUT2D eigenvalue weighted by molar-refractivity contribution is 7.09. The first-order valence-corrected chi connectivity index (χ1v) is 7.81. The Labute approximate surface area is 128 Å². The second-order valence-corrected chi connectivity index (χ2v) is 7.09. The van der Waals surface area contributed by atoms with Crippen molar-refractivity contribution in [3.8, 4) is 6.07 Å². The van der Waals surface area contributed by atoms with Gasteiger partial charge in [-0.05, 0) is 13.3 Å². The van der Waals surface area contributed by atoms with Crippen molar-refractivity contribution in [2.45, 2.75) is 52.5 Å². The third-order valence-electron chi connectivity index (χ3n) is 3.25. The number of aromatic amines is 1. The van der Waals surface area contributed by atoms with E-state index >= 15 is 0 Å². The number of hydrogen-bond acceptors (Lipinski definition) is 4. The number of nitrogens with one attached hydrogen (secondary N) is 1. The Balaban J connectivity index is 2.41. The Kier molecular flexibility index (Phi) is 4.33. The van der Waals surface area contributed by atoms with Gasteiger partial charge in [0.1, 0.15) is 5.01 Å². The van der Waals surface area contributed by atoms with Crippen molar-refractivity contribution in [3.63, 3.8) is 0 Å². The van der Waals surface area contributed by atoms with Gasteiger partial charge >= 0.3 is 0 Å². The van der Waals surface area contributed by atoms with Crippen LogP contribution in [0.2, 0.25) is 0 Å². The van der Waals surface area contributed by atoms with E-state index in [1.807, 2.05) is 12.3 Å². The van der Waals surface area contributed by atoms with Crippen LogP contribution in [0.25, 0.3) is 0 Å². The molecule has 0 aliphatic heterocycles. The van der Waals surface area contributed by atoms with E-state index in [-0.39, 0.29) is 11.0 Å². The van der Waals surface area contributed by atoms with Crippen LogP contribution in [0.4, 0.5) is 0 Å². The van der Waals surface area contributed by atoms with Gasteiger partial charge in [-0.2, -0.15) is 5.26 Å². The summed E-state index contributed by atoms with van der Waals surface area (Å²) in [6, 6.07) is 2.11. The lowest BCUT2D eigenvalue weighted by Crippen LogP contribution is -2.20. The Bertz CT molecular complexity index is 724. The molecule has 0 radical (unpaired) electrons. The normalized spacial score (nSPS) is 11.6. The standard InChI is InChI=1S/C15H20N4OS/c1-10-9-21-12(17-10)8-19-14(20)11(6-5-7-16)13(18-19)15(2,3)4/h9,18H,5-6,8H2,1-4H3. The fourth-order valence-electron chi connectivity index (χ4n) is 2.28. The molecule has 0 spiro atoms. The summed E-state index contributed by atoms with van der Waals surface area (Å²) in [4.78, 5) is 16.9. The molecule has 2 heterocycles. The average molecular weight is 304 g/mol. The maximum atomic E-state index is 12.6. The highest BCUT2D eigenvalue weighted by Crippen LogP contribution is 2.23. The van der Waals surface area contributed by atoms with E-state index in [1.54, 1.807) is 16.0 Å². The van der Waals surface area contributed by atoms with Gasteiger partial charge in [0.05, 0.1) is 12.6 Å². The van der Waals surface area contributed by atoms with Gasteiger partial charge in [-0.25, -0.2) is 9.67 Å². The van der Waals surface area contributed by atoms with E-state index in [9.17, 15) is 4.79 Å². The van der Waals surface area contributed by atoms with E-state index in [1.165, 1.54) is 0 Å². The van der Waals surface area contributed by atoms with Crippen LogP contribution >= 0.6 is 11.3 Å². The summed E-state index contributed by atoms with van der Waals surface area (Å²) >= 11 is 1.55. The fourth-order valence-corrected chi connectivity index (χ4v) is 3.04. The third-order valence-corrected chi connectivity index (χ3v) is 4.20. The predicted octanol–water partition coefficient (Wildman–Crippen LogP) is 2.74. The lowest BCUT2D eigenvalue weighted by atomic mass is 9.88. The first-order valence-electron chi connectivity index (χ1n) is 6.93. The van der Waals surface area contributed by atoms with Gasteiger partial charge < -0.3 is 0 Å². The molecule has 0 aromatic carbocycles. The Morgan fingerprint density at radius 1 is 1.48 bits per heavy atom. The van der Waals surface area contributed by atoms with Gasteiger partial charge in [0.15, 0.2) is 0 Å². The number of aromatic nitrogens is 3. The number of rotatable bonds is 4. The molecule has 112 valence electrons. The Morgan fingerprint density at radius 3 is 2.71 bits per heavy atom. The van der Waals surface area contributed by atoms with Gasteiger partial charge in [0, 0.05) is 34.2 Å². The van der Waals surface area contributed by atoms with Crippen molar-refractivity contribution in [2.24, 2.45) is 0 Å². The quantitative estimate of drug-likeness (QED) is 0.943. The molecule has 0 aliphatic carbocycles. The van der Waals surface area contributed by atoms with Crippen molar-refractivity contribution in [1.82, 2.24) is 14.8 Å². The van der Waals surface area contributed by atoms with E-state index in [2.05, 4.69) is 36.9 Å². The average Bonchev–Trinajstić information content (AvgIpc) is 2.93. The molecule has 0 saturated carbocycles. The maximum absolute atomic E-state index is 12.6. The van der Waals surface area contributed by atoms with Crippen molar-refractivity contribution < 1.29 is 0 Å². The van der Waals surface area contributed by atoms with Crippen molar-refractivity contribution >= 4 is 11.3 Å². The van der Waals surface area contributed by atoms with E-state index in [0.717, 1.165) is 22.0 Å². The third kappa shape index (κ3) is 3.42. The van der Waals surface area contributed by atoms with Gasteiger partial charge in [0.2, 0.25) is 0 Å². The zero-order valence-electron chi connectivity index (χ0n) is 12.9. The minimum atomic E-state index is -0.159.